The zero-order valence-electron chi connectivity index (χ0n) is 13.6. The number of hydrogen-bond acceptors (Lipinski definition) is 4. The normalized spacial score (nSPS) is 10.9. The highest BCUT2D eigenvalue weighted by Gasteiger charge is 2.04. The Kier molecular flexibility index (Phi) is 7.22. The average molecular weight is 363 g/mol. The minimum Gasteiger partial charge on any atom is -0.481 e. The Hall–Kier alpha value is -2.60. The fourth-order valence-corrected chi connectivity index (χ4v) is 2.37. The van der Waals surface area contributed by atoms with Crippen LogP contribution in [0.2, 0.25) is 5.02 Å². The lowest BCUT2D eigenvalue weighted by Crippen LogP contribution is -2.16. The number of hydrogen-bond donors (Lipinski definition) is 2. The number of furan rings is 1. The van der Waals surface area contributed by atoms with Gasteiger partial charge in [-0.05, 0) is 37.1 Å². The Morgan fingerprint density at radius 2 is 1.96 bits per heavy atom. The third-order valence-electron chi connectivity index (χ3n) is 3.41. The minimum absolute atomic E-state index is 0.132. The van der Waals surface area contributed by atoms with Crippen LogP contribution in [-0.2, 0) is 9.59 Å². The number of benzene rings is 1. The number of aliphatic carboxylic acids is 1. The van der Waals surface area contributed by atoms with Crippen molar-refractivity contribution in [2.24, 2.45) is 5.10 Å². The second kappa shape index (κ2) is 9.64. The van der Waals surface area contributed by atoms with E-state index >= 15 is 0 Å². The molecular formula is C18H19ClN2O4. The molecule has 0 spiro atoms. The summed E-state index contributed by atoms with van der Waals surface area (Å²) in [6, 6.07) is 10.9. The number of carbonyl (C=O) groups excluding carboxylic acids is 1. The zero-order chi connectivity index (χ0) is 18.1. The van der Waals surface area contributed by atoms with Crippen molar-refractivity contribution in [3.63, 3.8) is 0 Å². The van der Waals surface area contributed by atoms with Crippen LogP contribution in [0.25, 0.3) is 11.3 Å². The summed E-state index contributed by atoms with van der Waals surface area (Å²) in [5, 5.41) is 13.0. The number of carbonyl (C=O) groups is 2. The number of amides is 1. The van der Waals surface area contributed by atoms with E-state index in [9.17, 15) is 9.59 Å². The summed E-state index contributed by atoms with van der Waals surface area (Å²) in [6.07, 6.45) is 3.77. The van der Waals surface area contributed by atoms with Gasteiger partial charge in [0.2, 0.25) is 5.91 Å². The molecule has 0 radical (unpaired) electrons. The lowest BCUT2D eigenvalue weighted by molar-refractivity contribution is -0.137. The maximum Gasteiger partial charge on any atom is 0.303 e. The summed E-state index contributed by atoms with van der Waals surface area (Å²) in [7, 11) is 0. The van der Waals surface area contributed by atoms with E-state index in [0.717, 1.165) is 5.56 Å². The van der Waals surface area contributed by atoms with Gasteiger partial charge >= 0.3 is 5.97 Å². The van der Waals surface area contributed by atoms with Crippen LogP contribution in [0.4, 0.5) is 0 Å². The lowest BCUT2D eigenvalue weighted by Gasteiger charge is -1.99. The van der Waals surface area contributed by atoms with Gasteiger partial charge in [-0.25, -0.2) is 5.43 Å². The molecule has 2 rings (SSSR count). The van der Waals surface area contributed by atoms with Crippen molar-refractivity contribution in [2.45, 2.75) is 32.1 Å². The molecule has 1 amide bonds. The first-order chi connectivity index (χ1) is 12.0. The van der Waals surface area contributed by atoms with E-state index in [1.807, 2.05) is 12.1 Å². The number of carboxylic acids is 1. The van der Waals surface area contributed by atoms with Crippen LogP contribution in [0, 0.1) is 0 Å². The Morgan fingerprint density at radius 1 is 1.16 bits per heavy atom. The molecule has 2 aromatic rings. The molecule has 0 unspecified atom stereocenters. The molecule has 1 aromatic carbocycles. The largest absolute Gasteiger partial charge is 0.481 e. The molecule has 6 nitrogen and oxygen atoms in total. The van der Waals surface area contributed by atoms with Gasteiger partial charge in [0.05, 0.1) is 6.21 Å². The number of carboxylic acid groups (broad SMARTS) is 1. The molecule has 1 heterocycles. The van der Waals surface area contributed by atoms with Crippen molar-refractivity contribution in [3.05, 3.63) is 47.2 Å². The summed E-state index contributed by atoms with van der Waals surface area (Å²) in [5.41, 5.74) is 3.28. The van der Waals surface area contributed by atoms with Crippen molar-refractivity contribution in [2.75, 3.05) is 0 Å². The molecule has 2 N–H and O–H groups in total. The Balaban J connectivity index is 1.75. The Labute approximate surface area is 150 Å². The molecular weight excluding hydrogens is 344 g/mol. The smallest absolute Gasteiger partial charge is 0.303 e. The molecule has 7 heteroatoms. The van der Waals surface area contributed by atoms with E-state index in [-0.39, 0.29) is 12.3 Å². The maximum atomic E-state index is 11.6. The van der Waals surface area contributed by atoms with Crippen LogP contribution >= 0.6 is 11.6 Å². The van der Waals surface area contributed by atoms with Gasteiger partial charge in [0.15, 0.2) is 0 Å². The van der Waals surface area contributed by atoms with E-state index < -0.39 is 5.97 Å². The number of nitrogens with zero attached hydrogens (tertiary/aromatic N) is 1. The predicted molar refractivity (Wildman–Crippen MR) is 95.6 cm³/mol. The fraction of sp³-hybridized carbons (Fsp3) is 0.278. The van der Waals surface area contributed by atoms with Crippen LogP contribution < -0.4 is 5.43 Å². The molecule has 0 bridgehead atoms. The molecule has 0 aliphatic carbocycles. The highest BCUT2D eigenvalue weighted by Crippen LogP contribution is 2.24. The number of hydrazone groups is 1. The van der Waals surface area contributed by atoms with E-state index in [0.29, 0.717) is 42.2 Å². The van der Waals surface area contributed by atoms with Gasteiger partial charge < -0.3 is 9.52 Å². The van der Waals surface area contributed by atoms with Gasteiger partial charge in [-0.3, -0.25) is 9.59 Å². The first-order valence-electron chi connectivity index (χ1n) is 7.94. The summed E-state index contributed by atoms with van der Waals surface area (Å²) in [5.74, 6) is 0.142. The third kappa shape index (κ3) is 6.81. The second-order valence-electron chi connectivity index (χ2n) is 5.46. The molecule has 25 heavy (non-hydrogen) atoms. The van der Waals surface area contributed by atoms with E-state index in [2.05, 4.69) is 10.5 Å². The van der Waals surface area contributed by atoms with E-state index in [1.54, 1.807) is 24.3 Å². The summed E-state index contributed by atoms with van der Waals surface area (Å²) in [6.45, 7) is 0. The Morgan fingerprint density at radius 3 is 2.72 bits per heavy atom. The number of nitrogens with one attached hydrogen (secondary N) is 1. The molecule has 1 aromatic heterocycles. The molecule has 0 saturated carbocycles. The topological polar surface area (TPSA) is 91.9 Å². The zero-order valence-corrected chi connectivity index (χ0v) is 14.3. The van der Waals surface area contributed by atoms with E-state index in [1.165, 1.54) is 6.21 Å². The second-order valence-corrected chi connectivity index (χ2v) is 5.90. The van der Waals surface area contributed by atoms with Gasteiger partial charge in [0.1, 0.15) is 11.5 Å². The van der Waals surface area contributed by atoms with Crippen molar-refractivity contribution in [1.29, 1.82) is 0 Å². The van der Waals surface area contributed by atoms with Crippen molar-refractivity contribution in [3.8, 4) is 11.3 Å². The van der Waals surface area contributed by atoms with Crippen LogP contribution in [0.1, 0.15) is 37.9 Å². The van der Waals surface area contributed by atoms with Gasteiger partial charge in [-0.2, -0.15) is 5.10 Å². The first-order valence-corrected chi connectivity index (χ1v) is 8.32. The predicted octanol–water partition coefficient (Wildman–Crippen LogP) is 4.09. The number of unbranched alkanes of at least 4 members (excludes halogenated alkanes) is 2. The summed E-state index contributed by atoms with van der Waals surface area (Å²) >= 11 is 5.95. The highest BCUT2D eigenvalue weighted by atomic mass is 35.5. The fourth-order valence-electron chi connectivity index (χ4n) is 2.18. The highest BCUT2D eigenvalue weighted by molar-refractivity contribution is 6.30. The quantitative estimate of drug-likeness (QED) is 0.399. The molecule has 0 fully saturated rings. The van der Waals surface area contributed by atoms with Crippen LogP contribution in [0.15, 0.2) is 45.9 Å². The van der Waals surface area contributed by atoms with Crippen molar-refractivity contribution < 1.29 is 19.1 Å². The molecule has 0 aliphatic rings. The summed E-state index contributed by atoms with van der Waals surface area (Å²) in [4.78, 5) is 22.0. The SMILES string of the molecule is O=C(O)CCCCCC(=O)N/N=C/c1ccc(-c2cccc(Cl)c2)o1. The minimum atomic E-state index is -0.815. The maximum absolute atomic E-state index is 11.6. The number of halogens is 1. The first kappa shape index (κ1) is 18.7. The third-order valence-corrected chi connectivity index (χ3v) is 3.65. The van der Waals surface area contributed by atoms with Crippen LogP contribution in [0.5, 0.6) is 0 Å². The standard InChI is InChI=1S/C18H19ClN2O4/c19-14-6-4-5-13(11-14)16-10-9-15(25-16)12-20-21-17(22)7-2-1-3-8-18(23)24/h4-6,9-12H,1-3,7-8H2,(H,21,22)(H,23,24)/b20-12+. The van der Waals surface area contributed by atoms with Gasteiger partial charge in [0, 0.05) is 23.4 Å². The van der Waals surface area contributed by atoms with Crippen LogP contribution in [0.3, 0.4) is 0 Å². The molecule has 132 valence electrons. The van der Waals surface area contributed by atoms with Crippen LogP contribution in [-0.4, -0.2) is 23.2 Å². The monoisotopic (exact) mass is 362 g/mol. The van der Waals surface area contributed by atoms with Gasteiger partial charge in [-0.1, -0.05) is 30.2 Å². The lowest BCUT2D eigenvalue weighted by atomic mass is 10.1. The average Bonchev–Trinajstić information content (AvgIpc) is 3.03. The van der Waals surface area contributed by atoms with E-state index in [4.69, 9.17) is 21.1 Å². The molecule has 0 atom stereocenters. The van der Waals surface area contributed by atoms with Crippen molar-refractivity contribution in [1.82, 2.24) is 5.43 Å². The van der Waals surface area contributed by atoms with Gasteiger partial charge in [0.25, 0.3) is 0 Å². The Bertz CT molecular complexity index is 755. The van der Waals surface area contributed by atoms with Crippen molar-refractivity contribution >= 4 is 29.7 Å². The summed E-state index contributed by atoms with van der Waals surface area (Å²) < 4.78 is 5.63. The molecule has 0 saturated heterocycles. The molecule has 0 aliphatic heterocycles. The van der Waals surface area contributed by atoms with Gasteiger partial charge in [-0.15, -0.1) is 0 Å². The number of rotatable bonds is 9.